The van der Waals surface area contributed by atoms with E-state index in [4.69, 9.17) is 5.11 Å². The zero-order chi connectivity index (χ0) is 25.1. The monoisotopic (exact) mass is 477 g/mol. The number of para-hydroxylation sites is 1. The number of carbonyl (C=O) groups excluding carboxylic acids is 1. The predicted molar refractivity (Wildman–Crippen MR) is 136 cm³/mol. The summed E-state index contributed by atoms with van der Waals surface area (Å²) in [6.07, 6.45) is 3.30. The molecular formula is C26H31N5O4. The summed E-state index contributed by atoms with van der Waals surface area (Å²) in [5, 5.41) is 19.9. The number of aliphatic carboxylic acids is 1. The molecule has 2 heterocycles. The van der Waals surface area contributed by atoms with E-state index in [1.807, 2.05) is 56.0 Å². The Morgan fingerprint density at radius 3 is 2.54 bits per heavy atom. The van der Waals surface area contributed by atoms with E-state index in [9.17, 15) is 14.7 Å². The van der Waals surface area contributed by atoms with Crippen LogP contribution in [0.25, 0.3) is 0 Å². The molecular weight excluding hydrogens is 446 g/mol. The molecule has 2 aromatic carbocycles. The number of carbonyl (C=O) groups is 2. The number of nitrogens with one attached hydrogen (secondary N) is 2. The highest BCUT2D eigenvalue weighted by atomic mass is 16.4. The van der Waals surface area contributed by atoms with Crippen LogP contribution in [0.3, 0.4) is 0 Å². The molecule has 1 fully saturated rings. The molecule has 9 heteroatoms. The van der Waals surface area contributed by atoms with Gasteiger partial charge in [0, 0.05) is 0 Å². The van der Waals surface area contributed by atoms with Crippen LogP contribution in [0.4, 0.5) is 11.4 Å². The molecule has 0 bridgehead atoms. The predicted octanol–water partition coefficient (Wildman–Crippen LogP) is 3.50. The number of carboxylic acids is 1. The van der Waals surface area contributed by atoms with Crippen LogP contribution in [-0.2, 0) is 9.59 Å². The first-order valence-electron chi connectivity index (χ1n) is 11.7. The van der Waals surface area contributed by atoms with Gasteiger partial charge in [-0.2, -0.15) is 0 Å². The SMILES string of the molecule is CC=C1N=C(NNc2cccc(C3CCN(CC(=O)O)CC3)c2O)C(=O)N1c1ccc(C)c(C)c1. The van der Waals surface area contributed by atoms with Gasteiger partial charge in [0.15, 0.2) is 0 Å². The molecule has 0 atom stereocenters. The Labute approximate surface area is 204 Å². The number of amides is 1. The van der Waals surface area contributed by atoms with Crippen molar-refractivity contribution in [3.05, 3.63) is 65.0 Å². The van der Waals surface area contributed by atoms with Gasteiger partial charge in [0.05, 0.1) is 17.9 Å². The lowest BCUT2D eigenvalue weighted by molar-refractivity contribution is -0.138. The first kappa shape index (κ1) is 24.3. The second-order valence-corrected chi connectivity index (χ2v) is 8.95. The number of carboxylic acid groups (broad SMARTS) is 1. The standard InChI is InChI=1S/C26H31N5O4/c1-4-22-27-25(26(35)31(22)19-9-8-16(2)17(3)14-19)29-28-21-7-5-6-20(24(21)34)18-10-12-30(13-11-18)15-23(32)33/h4-9,14,18,28,34H,10-13,15H2,1-3H3,(H,27,29)(H,32,33). The lowest BCUT2D eigenvalue weighted by Gasteiger charge is -2.31. The average molecular weight is 478 g/mol. The third-order valence-corrected chi connectivity index (χ3v) is 6.64. The second-order valence-electron chi connectivity index (χ2n) is 8.95. The number of phenolic OH excluding ortho intramolecular Hbond substituents is 1. The Morgan fingerprint density at radius 1 is 1.14 bits per heavy atom. The summed E-state index contributed by atoms with van der Waals surface area (Å²) >= 11 is 0. The number of piperidine rings is 1. The first-order valence-corrected chi connectivity index (χ1v) is 11.7. The molecule has 0 spiro atoms. The molecule has 9 nitrogen and oxygen atoms in total. The van der Waals surface area contributed by atoms with E-state index >= 15 is 0 Å². The van der Waals surface area contributed by atoms with Gasteiger partial charge in [0.1, 0.15) is 11.6 Å². The molecule has 2 aliphatic rings. The van der Waals surface area contributed by atoms with Crippen LogP contribution in [0.2, 0.25) is 0 Å². The topological polar surface area (TPSA) is 118 Å². The van der Waals surface area contributed by atoms with Crippen molar-refractivity contribution in [3.63, 3.8) is 0 Å². The molecule has 1 saturated heterocycles. The molecule has 0 aromatic heterocycles. The number of amidine groups is 1. The Kier molecular flexibility index (Phi) is 7.07. The summed E-state index contributed by atoms with van der Waals surface area (Å²) in [6, 6.07) is 11.3. The minimum absolute atomic E-state index is 0.0354. The van der Waals surface area contributed by atoms with E-state index in [0.717, 1.165) is 35.2 Å². The summed E-state index contributed by atoms with van der Waals surface area (Å²) < 4.78 is 0. The molecule has 0 saturated carbocycles. The lowest BCUT2D eigenvalue weighted by atomic mass is 9.88. The quantitative estimate of drug-likeness (QED) is 0.372. The summed E-state index contributed by atoms with van der Waals surface area (Å²) in [5.41, 5.74) is 10.0. The van der Waals surface area contributed by atoms with Crippen molar-refractivity contribution in [1.82, 2.24) is 10.3 Å². The van der Waals surface area contributed by atoms with Crippen molar-refractivity contribution >= 4 is 29.1 Å². The van der Waals surface area contributed by atoms with Crippen molar-refractivity contribution in [2.45, 2.75) is 39.5 Å². The lowest BCUT2D eigenvalue weighted by Crippen LogP contribution is -2.39. The van der Waals surface area contributed by atoms with Crippen LogP contribution < -0.4 is 15.8 Å². The average Bonchev–Trinajstić information content (AvgIpc) is 3.16. The zero-order valence-electron chi connectivity index (χ0n) is 20.2. The van der Waals surface area contributed by atoms with Crippen LogP contribution in [0.1, 0.15) is 42.4 Å². The number of nitrogens with zero attached hydrogens (tertiary/aromatic N) is 3. The van der Waals surface area contributed by atoms with Crippen LogP contribution in [0, 0.1) is 13.8 Å². The number of likely N-dealkylation sites (tertiary alicyclic amines) is 1. The highest BCUT2D eigenvalue weighted by Crippen LogP contribution is 2.37. The van der Waals surface area contributed by atoms with Gasteiger partial charge in [-0.05, 0) is 93.6 Å². The van der Waals surface area contributed by atoms with E-state index in [2.05, 4.69) is 15.8 Å². The summed E-state index contributed by atoms with van der Waals surface area (Å²) in [7, 11) is 0. The zero-order valence-corrected chi connectivity index (χ0v) is 20.2. The molecule has 4 N–H and O–H groups in total. The summed E-state index contributed by atoms with van der Waals surface area (Å²) in [6.45, 7) is 7.22. The Hall–Kier alpha value is -3.85. The minimum Gasteiger partial charge on any atom is -0.505 e. The van der Waals surface area contributed by atoms with Crippen molar-refractivity contribution in [3.8, 4) is 5.75 Å². The number of phenols is 1. The van der Waals surface area contributed by atoms with Crippen LogP contribution in [0.15, 0.2) is 53.3 Å². The fraction of sp³-hybridized carbons (Fsp3) is 0.346. The van der Waals surface area contributed by atoms with Gasteiger partial charge < -0.3 is 10.2 Å². The number of allylic oxidation sites excluding steroid dienone is 1. The third kappa shape index (κ3) is 5.14. The molecule has 35 heavy (non-hydrogen) atoms. The van der Waals surface area contributed by atoms with Gasteiger partial charge in [-0.25, -0.2) is 4.99 Å². The first-order chi connectivity index (χ1) is 16.8. The van der Waals surface area contributed by atoms with E-state index in [0.29, 0.717) is 24.6 Å². The molecule has 0 unspecified atom stereocenters. The molecule has 1 amide bonds. The molecule has 4 rings (SSSR count). The molecule has 0 aliphatic carbocycles. The fourth-order valence-corrected chi connectivity index (χ4v) is 4.52. The minimum atomic E-state index is -0.829. The number of benzene rings is 2. The fourth-order valence-electron chi connectivity index (χ4n) is 4.52. The largest absolute Gasteiger partial charge is 0.505 e. The molecule has 2 aliphatic heterocycles. The highest BCUT2D eigenvalue weighted by molar-refractivity contribution is 6.46. The highest BCUT2D eigenvalue weighted by Gasteiger charge is 2.32. The number of hydrogen-bond acceptors (Lipinski definition) is 7. The summed E-state index contributed by atoms with van der Waals surface area (Å²) in [5.74, 6) is -0.237. The number of hydrogen-bond donors (Lipinski definition) is 4. The third-order valence-electron chi connectivity index (χ3n) is 6.64. The Balaban J connectivity index is 1.45. The van der Waals surface area contributed by atoms with Gasteiger partial charge >= 0.3 is 11.9 Å². The van der Waals surface area contributed by atoms with Crippen LogP contribution in [0.5, 0.6) is 5.75 Å². The van der Waals surface area contributed by atoms with Crippen molar-refractivity contribution < 1.29 is 19.8 Å². The number of aromatic hydroxyl groups is 1. The number of aliphatic imine (C=N–C) groups is 1. The van der Waals surface area contributed by atoms with Crippen LogP contribution >= 0.6 is 0 Å². The molecule has 0 radical (unpaired) electrons. The van der Waals surface area contributed by atoms with Gasteiger partial charge in [-0.1, -0.05) is 18.2 Å². The van der Waals surface area contributed by atoms with Gasteiger partial charge in [0.2, 0.25) is 5.84 Å². The van der Waals surface area contributed by atoms with Crippen molar-refractivity contribution in [2.24, 2.45) is 4.99 Å². The van der Waals surface area contributed by atoms with E-state index in [-0.39, 0.29) is 30.0 Å². The maximum Gasteiger partial charge on any atom is 0.317 e. The second kappa shape index (κ2) is 10.2. The maximum absolute atomic E-state index is 13.1. The number of aryl methyl sites for hydroxylation is 2. The van der Waals surface area contributed by atoms with Crippen molar-refractivity contribution in [1.29, 1.82) is 0 Å². The van der Waals surface area contributed by atoms with Gasteiger partial charge in [0.25, 0.3) is 0 Å². The van der Waals surface area contributed by atoms with Gasteiger partial charge in [-0.3, -0.25) is 30.2 Å². The number of hydrazine groups is 1. The number of rotatable bonds is 6. The van der Waals surface area contributed by atoms with E-state index in [1.165, 1.54) is 0 Å². The number of anilines is 2. The Morgan fingerprint density at radius 2 is 1.89 bits per heavy atom. The Bertz CT molecular complexity index is 1200. The molecule has 2 aromatic rings. The van der Waals surface area contributed by atoms with Crippen molar-refractivity contribution in [2.75, 3.05) is 30.0 Å². The summed E-state index contributed by atoms with van der Waals surface area (Å²) in [4.78, 5) is 32.0. The molecule has 184 valence electrons. The van der Waals surface area contributed by atoms with Gasteiger partial charge in [-0.15, -0.1) is 0 Å². The van der Waals surface area contributed by atoms with Crippen LogP contribution in [-0.4, -0.2) is 52.5 Å². The van der Waals surface area contributed by atoms with E-state index in [1.54, 1.807) is 17.0 Å². The normalized spacial score (nSPS) is 18.1. The smallest absolute Gasteiger partial charge is 0.317 e. The van der Waals surface area contributed by atoms with E-state index < -0.39 is 5.97 Å². The maximum atomic E-state index is 13.1.